The first-order valence-electron chi connectivity index (χ1n) is 5.25. The Morgan fingerprint density at radius 1 is 1.24 bits per heavy atom. The number of carbonyl (C=O) groups is 1. The summed E-state index contributed by atoms with van der Waals surface area (Å²) in [5.74, 6) is 2.23. The van der Waals surface area contributed by atoms with Crippen LogP contribution in [0, 0.1) is 12.3 Å². The van der Waals surface area contributed by atoms with E-state index < -0.39 is 0 Å². The Kier molecular flexibility index (Phi) is 2.02. The maximum atomic E-state index is 11.9. The molecule has 1 amide bonds. The first-order chi connectivity index (χ1) is 8.29. The van der Waals surface area contributed by atoms with E-state index in [4.69, 9.17) is 6.42 Å². The Labute approximate surface area is 97.9 Å². The Bertz CT molecular complexity index is 745. The maximum absolute atomic E-state index is 11.9. The molecule has 0 aliphatic carbocycles. The molecular weight excluding hydrogens is 212 g/mol. The fourth-order valence-electron chi connectivity index (χ4n) is 2.01. The van der Waals surface area contributed by atoms with Gasteiger partial charge in [0.25, 0.3) is 5.91 Å². The van der Waals surface area contributed by atoms with Gasteiger partial charge in [0.15, 0.2) is 0 Å². The van der Waals surface area contributed by atoms with Crippen molar-refractivity contribution in [1.29, 1.82) is 0 Å². The van der Waals surface area contributed by atoms with Crippen LogP contribution < -0.4 is 10.6 Å². The van der Waals surface area contributed by atoms with Gasteiger partial charge < -0.3 is 0 Å². The van der Waals surface area contributed by atoms with Gasteiger partial charge in [0, 0.05) is 5.22 Å². The number of nitrogens with zero attached hydrogens (tertiary/aromatic N) is 2. The standard InChI is InChI=1S/C14H8N2O/c1-2-5-9-8-12-13(14(17)15-9)10-6-3-4-7-11(10)16-12/h1,3-4,6-8H,5H2. The molecule has 0 spiro atoms. The van der Waals surface area contributed by atoms with E-state index in [-0.39, 0.29) is 5.91 Å². The third-order valence-electron chi connectivity index (χ3n) is 2.72. The topological polar surface area (TPSA) is 41.8 Å². The van der Waals surface area contributed by atoms with Crippen molar-refractivity contribution in [1.82, 2.24) is 0 Å². The summed E-state index contributed by atoms with van der Waals surface area (Å²) >= 11 is 0. The number of rotatable bonds is 1. The predicted molar refractivity (Wildman–Crippen MR) is 64.6 cm³/mol. The van der Waals surface area contributed by atoms with Crippen LogP contribution in [-0.2, 0) is 4.79 Å². The zero-order valence-electron chi connectivity index (χ0n) is 8.97. The highest BCUT2D eigenvalue weighted by Gasteiger charge is 2.23. The predicted octanol–water partition coefficient (Wildman–Crippen LogP) is 0.359. The van der Waals surface area contributed by atoms with Gasteiger partial charge in [-0.2, -0.15) is 0 Å². The Hall–Kier alpha value is -2.47. The number of para-hydroxylation sites is 1. The Morgan fingerprint density at radius 3 is 2.88 bits per heavy atom. The van der Waals surface area contributed by atoms with Gasteiger partial charge in [-0.25, -0.2) is 9.98 Å². The molecule has 0 atom stereocenters. The minimum absolute atomic E-state index is 0.249. The largest absolute Gasteiger partial charge is 0.280 e. The van der Waals surface area contributed by atoms with Gasteiger partial charge in [-0.05, 0) is 12.1 Å². The summed E-state index contributed by atoms with van der Waals surface area (Å²) in [6.07, 6.45) is 7.36. The van der Waals surface area contributed by atoms with Crippen LogP contribution >= 0.6 is 0 Å². The minimum Gasteiger partial charge on any atom is -0.267 e. The molecular formula is C14H8N2O. The number of allylic oxidation sites excluding steroid dienone is 1. The lowest BCUT2D eigenvalue weighted by atomic mass is 10.1. The van der Waals surface area contributed by atoms with Crippen molar-refractivity contribution in [2.45, 2.75) is 6.42 Å². The van der Waals surface area contributed by atoms with Crippen molar-refractivity contribution in [3.8, 4) is 12.3 Å². The summed E-state index contributed by atoms with van der Waals surface area (Å²) in [6.45, 7) is 0. The number of hydrogen-bond donors (Lipinski definition) is 0. The molecule has 1 aromatic carbocycles. The zero-order valence-corrected chi connectivity index (χ0v) is 8.97. The molecule has 0 aromatic heterocycles. The number of aliphatic imine (C=N–C) groups is 1. The summed E-state index contributed by atoms with van der Waals surface area (Å²) in [5, 5.41) is 1.67. The van der Waals surface area contributed by atoms with Crippen molar-refractivity contribution in [3.05, 3.63) is 46.6 Å². The molecule has 3 heteroatoms. The number of terminal acetylenes is 1. The highest BCUT2D eigenvalue weighted by Crippen LogP contribution is 2.20. The van der Waals surface area contributed by atoms with Gasteiger partial charge >= 0.3 is 0 Å². The minimum atomic E-state index is -0.249. The van der Waals surface area contributed by atoms with Crippen molar-refractivity contribution >= 4 is 17.2 Å². The molecule has 17 heavy (non-hydrogen) atoms. The fraction of sp³-hybridized carbons (Fsp3) is 0.0714. The van der Waals surface area contributed by atoms with Crippen LogP contribution in [0.2, 0.25) is 0 Å². The van der Waals surface area contributed by atoms with Crippen molar-refractivity contribution in [2.24, 2.45) is 9.98 Å². The van der Waals surface area contributed by atoms with E-state index in [2.05, 4.69) is 15.9 Å². The molecule has 3 nitrogen and oxygen atoms in total. The van der Waals surface area contributed by atoms with Crippen LogP contribution in [0.4, 0.5) is 0 Å². The molecule has 0 N–H and O–H groups in total. The molecule has 80 valence electrons. The van der Waals surface area contributed by atoms with E-state index in [0.29, 0.717) is 23.4 Å². The molecule has 1 aromatic rings. The van der Waals surface area contributed by atoms with Crippen LogP contribution in [-0.4, -0.2) is 11.6 Å². The average molecular weight is 220 g/mol. The highest BCUT2D eigenvalue weighted by molar-refractivity contribution is 6.27. The molecule has 3 rings (SSSR count). The second-order valence-electron chi connectivity index (χ2n) is 3.82. The number of benzene rings is 1. The molecule has 0 bridgehead atoms. The molecule has 2 heterocycles. The van der Waals surface area contributed by atoms with Crippen LogP contribution in [0.15, 0.2) is 46.0 Å². The highest BCUT2D eigenvalue weighted by atomic mass is 16.1. The van der Waals surface area contributed by atoms with E-state index >= 15 is 0 Å². The Morgan fingerprint density at radius 2 is 2.06 bits per heavy atom. The average Bonchev–Trinajstić information content (AvgIpc) is 2.67. The van der Waals surface area contributed by atoms with Crippen molar-refractivity contribution in [2.75, 3.05) is 0 Å². The number of amides is 1. The van der Waals surface area contributed by atoms with E-state index in [1.54, 1.807) is 6.08 Å². The van der Waals surface area contributed by atoms with Gasteiger partial charge in [0.05, 0.1) is 28.8 Å². The van der Waals surface area contributed by atoms with E-state index in [1.165, 1.54) is 0 Å². The SMILES string of the molecule is C#CCC1=NC(=O)C2=c3ccccc3=NC2=C1. The van der Waals surface area contributed by atoms with Gasteiger partial charge in [-0.1, -0.05) is 18.2 Å². The third kappa shape index (κ3) is 1.42. The zero-order chi connectivity index (χ0) is 11.8. The Balaban J connectivity index is 2.26. The first kappa shape index (κ1) is 9.73. The first-order valence-corrected chi connectivity index (χ1v) is 5.25. The second kappa shape index (κ2) is 3.53. The summed E-state index contributed by atoms with van der Waals surface area (Å²) in [4.78, 5) is 20.3. The lowest BCUT2D eigenvalue weighted by Crippen LogP contribution is -2.24. The van der Waals surface area contributed by atoms with Crippen molar-refractivity contribution < 1.29 is 4.79 Å². The van der Waals surface area contributed by atoms with Gasteiger partial charge in [0.2, 0.25) is 0 Å². The number of fused-ring (bicyclic) bond motifs is 2. The second-order valence-corrected chi connectivity index (χ2v) is 3.82. The maximum Gasteiger partial charge on any atom is 0.280 e. The summed E-state index contributed by atoms with van der Waals surface area (Å²) < 4.78 is 0. The fourth-order valence-corrected chi connectivity index (χ4v) is 2.01. The summed E-state index contributed by atoms with van der Waals surface area (Å²) in [5.41, 5.74) is 1.87. The van der Waals surface area contributed by atoms with Gasteiger partial charge in [-0.15, -0.1) is 12.3 Å². The lowest BCUT2D eigenvalue weighted by molar-refractivity contribution is -0.112. The molecule has 0 saturated carbocycles. The smallest absolute Gasteiger partial charge is 0.267 e. The van der Waals surface area contributed by atoms with E-state index in [0.717, 1.165) is 10.6 Å². The van der Waals surface area contributed by atoms with Gasteiger partial charge in [-0.3, -0.25) is 4.79 Å². The monoisotopic (exact) mass is 220 g/mol. The molecule has 0 fully saturated rings. The molecule has 2 aliphatic rings. The molecule has 0 radical (unpaired) electrons. The quantitative estimate of drug-likeness (QED) is 0.630. The lowest BCUT2D eigenvalue weighted by Gasteiger charge is -2.07. The summed E-state index contributed by atoms with van der Waals surface area (Å²) in [6, 6.07) is 7.55. The number of dihydropyridines is 1. The normalized spacial score (nSPS) is 16.4. The molecule has 0 saturated heterocycles. The van der Waals surface area contributed by atoms with E-state index in [1.807, 2.05) is 24.3 Å². The summed E-state index contributed by atoms with van der Waals surface area (Å²) in [7, 11) is 0. The molecule has 0 unspecified atom stereocenters. The van der Waals surface area contributed by atoms with E-state index in [9.17, 15) is 4.79 Å². The molecule has 2 aliphatic heterocycles. The van der Waals surface area contributed by atoms with Crippen LogP contribution in [0.3, 0.4) is 0 Å². The number of carbonyl (C=O) groups excluding carboxylic acids is 1. The number of hydrogen-bond acceptors (Lipinski definition) is 2. The van der Waals surface area contributed by atoms with Gasteiger partial charge in [0.1, 0.15) is 0 Å². The van der Waals surface area contributed by atoms with Crippen LogP contribution in [0.5, 0.6) is 0 Å². The van der Waals surface area contributed by atoms with Crippen molar-refractivity contribution in [3.63, 3.8) is 0 Å². The van der Waals surface area contributed by atoms with Crippen LogP contribution in [0.25, 0.3) is 5.57 Å². The third-order valence-corrected chi connectivity index (χ3v) is 2.72. The van der Waals surface area contributed by atoms with Crippen LogP contribution in [0.1, 0.15) is 6.42 Å².